The van der Waals surface area contributed by atoms with Crippen LogP contribution in [0.2, 0.25) is 0 Å². The van der Waals surface area contributed by atoms with Gasteiger partial charge in [-0.15, -0.1) is 5.10 Å². The first kappa shape index (κ1) is 15.6. The molecule has 1 fully saturated rings. The van der Waals surface area contributed by atoms with Crippen LogP contribution in [0, 0.1) is 5.92 Å². The van der Waals surface area contributed by atoms with Crippen molar-refractivity contribution in [2.24, 2.45) is 5.92 Å². The summed E-state index contributed by atoms with van der Waals surface area (Å²) in [5.41, 5.74) is 1.31. The zero-order valence-corrected chi connectivity index (χ0v) is 13.3. The van der Waals surface area contributed by atoms with Gasteiger partial charge < -0.3 is 5.32 Å². The number of carbonyl (C=O) groups excluding carboxylic acids is 1. The predicted molar refractivity (Wildman–Crippen MR) is 86.6 cm³/mol. The molecule has 1 aromatic carbocycles. The van der Waals surface area contributed by atoms with Crippen LogP contribution in [0.25, 0.3) is 0 Å². The lowest BCUT2D eigenvalue weighted by Gasteiger charge is -2.25. The Labute approximate surface area is 136 Å². The maximum absolute atomic E-state index is 12.0. The van der Waals surface area contributed by atoms with Crippen molar-refractivity contribution in [1.82, 2.24) is 25.5 Å². The van der Waals surface area contributed by atoms with E-state index in [1.807, 2.05) is 18.2 Å². The summed E-state index contributed by atoms with van der Waals surface area (Å²) in [5.74, 6) is 1.44. The van der Waals surface area contributed by atoms with Gasteiger partial charge in [0.2, 0.25) is 5.91 Å². The molecule has 1 aliphatic carbocycles. The van der Waals surface area contributed by atoms with E-state index in [-0.39, 0.29) is 12.5 Å². The number of benzene rings is 1. The molecule has 6 heteroatoms. The molecular weight excluding hydrogens is 290 g/mol. The minimum absolute atomic E-state index is 0.00601. The summed E-state index contributed by atoms with van der Waals surface area (Å²) in [6.45, 7) is 0.991. The second kappa shape index (κ2) is 7.85. The average molecular weight is 313 g/mol. The van der Waals surface area contributed by atoms with Crippen LogP contribution in [0.15, 0.2) is 30.3 Å². The number of tetrazole rings is 1. The monoisotopic (exact) mass is 313 g/mol. The van der Waals surface area contributed by atoms with Crippen molar-refractivity contribution in [1.29, 1.82) is 0 Å². The first-order valence-electron chi connectivity index (χ1n) is 8.37. The lowest BCUT2D eigenvalue weighted by Crippen LogP contribution is -2.34. The van der Waals surface area contributed by atoms with E-state index < -0.39 is 0 Å². The molecule has 23 heavy (non-hydrogen) atoms. The lowest BCUT2D eigenvalue weighted by atomic mass is 9.85. The van der Waals surface area contributed by atoms with Gasteiger partial charge in [-0.05, 0) is 47.6 Å². The van der Waals surface area contributed by atoms with Crippen LogP contribution in [0.1, 0.15) is 37.1 Å². The molecule has 6 nitrogen and oxygen atoms in total. The highest BCUT2D eigenvalue weighted by molar-refractivity contribution is 5.75. The standard InChI is InChI=1S/C17H23N5O/c23-17(18-12-15-9-4-10-15)13-22-16(19-20-21-22)11-5-8-14-6-2-1-3-7-14/h1-3,6-7,15H,4-5,8-13H2,(H,18,23). The minimum atomic E-state index is -0.00601. The molecule has 0 saturated heterocycles. The van der Waals surface area contributed by atoms with Gasteiger partial charge in [0.05, 0.1) is 0 Å². The fourth-order valence-corrected chi connectivity index (χ4v) is 2.77. The maximum atomic E-state index is 12.0. The zero-order valence-electron chi connectivity index (χ0n) is 13.3. The van der Waals surface area contributed by atoms with Crippen molar-refractivity contribution in [3.63, 3.8) is 0 Å². The number of nitrogens with zero attached hydrogens (tertiary/aromatic N) is 4. The molecule has 1 heterocycles. The summed E-state index contributed by atoms with van der Waals surface area (Å²) in [6.07, 6.45) is 6.48. The number of hydrogen-bond donors (Lipinski definition) is 1. The summed E-state index contributed by atoms with van der Waals surface area (Å²) >= 11 is 0. The number of rotatable bonds is 8. The number of aromatic nitrogens is 4. The highest BCUT2D eigenvalue weighted by Gasteiger charge is 2.18. The first-order chi connectivity index (χ1) is 11.3. The smallest absolute Gasteiger partial charge is 0.241 e. The quantitative estimate of drug-likeness (QED) is 0.806. The molecule has 0 atom stereocenters. The van der Waals surface area contributed by atoms with E-state index in [9.17, 15) is 4.79 Å². The van der Waals surface area contributed by atoms with Gasteiger partial charge in [-0.1, -0.05) is 36.8 Å². The number of carbonyl (C=O) groups is 1. The van der Waals surface area contributed by atoms with Gasteiger partial charge in [0.25, 0.3) is 0 Å². The molecule has 0 spiro atoms. The molecule has 0 aliphatic heterocycles. The number of nitrogens with one attached hydrogen (secondary N) is 1. The molecule has 1 aliphatic rings. The topological polar surface area (TPSA) is 72.7 Å². The summed E-state index contributed by atoms with van der Waals surface area (Å²) in [5, 5.41) is 14.7. The van der Waals surface area contributed by atoms with E-state index in [2.05, 4.69) is 33.0 Å². The van der Waals surface area contributed by atoms with Gasteiger partial charge in [-0.2, -0.15) is 0 Å². The lowest BCUT2D eigenvalue weighted by molar-refractivity contribution is -0.122. The van der Waals surface area contributed by atoms with Crippen LogP contribution in [0.4, 0.5) is 0 Å². The molecule has 0 bridgehead atoms. The van der Waals surface area contributed by atoms with Crippen LogP contribution < -0.4 is 5.32 Å². The van der Waals surface area contributed by atoms with Crippen molar-refractivity contribution in [2.45, 2.75) is 45.1 Å². The Kier molecular flexibility index (Phi) is 5.34. The van der Waals surface area contributed by atoms with Crippen LogP contribution in [-0.4, -0.2) is 32.7 Å². The third-order valence-electron chi connectivity index (χ3n) is 4.42. The van der Waals surface area contributed by atoms with E-state index in [4.69, 9.17) is 0 Å². The second-order valence-electron chi connectivity index (χ2n) is 6.19. The summed E-state index contributed by atoms with van der Waals surface area (Å²) < 4.78 is 1.61. The van der Waals surface area contributed by atoms with Gasteiger partial charge in [-0.25, -0.2) is 4.68 Å². The number of amides is 1. The summed E-state index contributed by atoms with van der Waals surface area (Å²) in [7, 11) is 0. The molecule has 1 saturated carbocycles. The number of aryl methyl sites for hydroxylation is 2. The van der Waals surface area contributed by atoms with Crippen LogP contribution in [0.3, 0.4) is 0 Å². The van der Waals surface area contributed by atoms with Gasteiger partial charge >= 0.3 is 0 Å². The average Bonchev–Trinajstić information content (AvgIpc) is 2.94. The molecule has 2 aromatic rings. The van der Waals surface area contributed by atoms with E-state index in [1.54, 1.807) is 4.68 Å². The van der Waals surface area contributed by atoms with Crippen molar-refractivity contribution >= 4 is 5.91 Å². The zero-order chi connectivity index (χ0) is 15.9. The predicted octanol–water partition coefficient (Wildman–Crippen LogP) is 1.76. The van der Waals surface area contributed by atoms with Crippen LogP contribution in [-0.2, 0) is 24.2 Å². The van der Waals surface area contributed by atoms with Gasteiger partial charge in [0.15, 0.2) is 5.82 Å². The van der Waals surface area contributed by atoms with Gasteiger partial charge in [0.1, 0.15) is 6.54 Å². The SMILES string of the molecule is O=C(Cn1nnnc1CCCc1ccccc1)NCC1CCC1. The Morgan fingerprint density at radius 3 is 2.78 bits per heavy atom. The van der Waals surface area contributed by atoms with Crippen LogP contribution in [0.5, 0.6) is 0 Å². The summed E-state index contributed by atoms with van der Waals surface area (Å²) in [6, 6.07) is 10.4. The van der Waals surface area contributed by atoms with E-state index >= 15 is 0 Å². The fraction of sp³-hybridized carbons (Fsp3) is 0.529. The number of hydrogen-bond acceptors (Lipinski definition) is 4. The molecule has 1 N–H and O–H groups in total. The molecular formula is C17H23N5O. The first-order valence-corrected chi connectivity index (χ1v) is 8.37. The Morgan fingerprint density at radius 2 is 2.04 bits per heavy atom. The normalized spacial score (nSPS) is 14.4. The molecule has 1 amide bonds. The third-order valence-corrected chi connectivity index (χ3v) is 4.42. The highest BCUT2D eigenvalue weighted by Crippen LogP contribution is 2.25. The Morgan fingerprint density at radius 1 is 1.22 bits per heavy atom. The van der Waals surface area contributed by atoms with E-state index in [1.165, 1.54) is 24.8 Å². The molecule has 0 radical (unpaired) electrons. The van der Waals surface area contributed by atoms with E-state index in [0.717, 1.165) is 31.6 Å². The Bertz CT molecular complexity index is 621. The van der Waals surface area contributed by atoms with Crippen molar-refractivity contribution in [3.05, 3.63) is 41.7 Å². The summed E-state index contributed by atoms with van der Waals surface area (Å²) in [4.78, 5) is 12.0. The minimum Gasteiger partial charge on any atom is -0.354 e. The van der Waals surface area contributed by atoms with E-state index in [0.29, 0.717) is 5.92 Å². The van der Waals surface area contributed by atoms with Gasteiger partial charge in [-0.3, -0.25) is 4.79 Å². The third kappa shape index (κ3) is 4.61. The Balaban J connectivity index is 1.43. The Hall–Kier alpha value is -2.24. The van der Waals surface area contributed by atoms with Crippen molar-refractivity contribution in [3.8, 4) is 0 Å². The largest absolute Gasteiger partial charge is 0.354 e. The van der Waals surface area contributed by atoms with Gasteiger partial charge in [0, 0.05) is 13.0 Å². The maximum Gasteiger partial charge on any atom is 0.241 e. The molecule has 1 aromatic heterocycles. The second-order valence-corrected chi connectivity index (χ2v) is 6.19. The fourth-order valence-electron chi connectivity index (χ4n) is 2.77. The van der Waals surface area contributed by atoms with Crippen molar-refractivity contribution < 1.29 is 4.79 Å². The molecule has 122 valence electrons. The molecule has 0 unspecified atom stereocenters. The molecule has 3 rings (SSSR count). The highest BCUT2D eigenvalue weighted by atomic mass is 16.2. The van der Waals surface area contributed by atoms with Crippen LogP contribution >= 0.6 is 0 Å². The van der Waals surface area contributed by atoms with Crippen molar-refractivity contribution in [2.75, 3.05) is 6.54 Å².